The van der Waals surface area contributed by atoms with E-state index in [2.05, 4.69) is 27.9 Å². The van der Waals surface area contributed by atoms with Gasteiger partial charge in [-0.1, -0.05) is 97.8 Å². The third kappa shape index (κ3) is 30.1. The maximum absolute atomic E-state index is 9.68. The lowest BCUT2D eigenvalue weighted by molar-refractivity contribution is -0.890. The van der Waals surface area contributed by atoms with Crippen LogP contribution in [0.5, 0.6) is 0 Å². The molecule has 0 fully saturated rings. The molecule has 0 saturated carbocycles. The van der Waals surface area contributed by atoms with E-state index in [0.29, 0.717) is 6.42 Å². The Morgan fingerprint density at radius 2 is 0.833 bits per heavy atom. The molecule has 0 N–H and O–H groups in total. The van der Waals surface area contributed by atoms with Crippen molar-refractivity contribution in [2.24, 2.45) is 0 Å². The van der Waals surface area contributed by atoms with Gasteiger partial charge in [0.15, 0.2) is 0 Å². The van der Waals surface area contributed by atoms with Crippen LogP contribution in [0.4, 0.5) is 0 Å². The van der Waals surface area contributed by atoms with Crippen LogP contribution < -0.4 is 0 Å². The van der Waals surface area contributed by atoms with Gasteiger partial charge in [-0.2, -0.15) is 0 Å². The molecule has 0 heterocycles. The van der Waals surface area contributed by atoms with Crippen molar-refractivity contribution in [3.8, 4) is 0 Å². The normalized spacial score (nSPS) is 11.9. The summed E-state index contributed by atoms with van der Waals surface area (Å²) in [6.07, 6.45) is 23.4. The summed E-state index contributed by atoms with van der Waals surface area (Å²) in [6, 6.07) is 0. The number of rotatable bonds is 20. The molecule has 0 aromatic heterocycles. The van der Waals surface area contributed by atoms with E-state index >= 15 is 0 Å². The second-order valence-corrected chi connectivity index (χ2v) is 11.1. The summed E-state index contributed by atoms with van der Waals surface area (Å²) in [5, 5.41) is 0. The minimum Gasteiger partial charge on any atom is -0.748 e. The van der Waals surface area contributed by atoms with E-state index in [1.807, 2.05) is 0 Å². The Morgan fingerprint density at radius 1 is 0.533 bits per heavy atom. The quantitative estimate of drug-likeness (QED) is 0.111. The molecule has 0 rings (SSSR count). The van der Waals surface area contributed by atoms with Gasteiger partial charge in [0, 0.05) is 5.75 Å². The summed E-state index contributed by atoms with van der Waals surface area (Å²) in [4.78, 5) is 0. The van der Waals surface area contributed by atoms with Crippen LogP contribution in [0.2, 0.25) is 0 Å². The summed E-state index contributed by atoms with van der Waals surface area (Å²) in [7, 11) is 0.942. The molecule has 0 unspecified atom stereocenters. The van der Waals surface area contributed by atoms with E-state index in [4.69, 9.17) is 0 Å². The second-order valence-electron chi connectivity index (χ2n) is 9.59. The maximum Gasteiger partial charge on any atom is 0.0945 e. The SMILES string of the molecule is CCCCCCCCCC[N+](C)(C)CCCCCCCCCC.CCCS(=O)(=O)[O-]. The number of quaternary nitrogens is 1. The zero-order valence-corrected chi connectivity index (χ0v) is 22.0. The molecule has 0 radical (unpaired) electrons. The van der Waals surface area contributed by atoms with Crippen LogP contribution in [0, 0.1) is 0 Å². The zero-order chi connectivity index (χ0) is 23.1. The Labute approximate surface area is 190 Å². The Kier molecular flexibility index (Phi) is 23.6. The van der Waals surface area contributed by atoms with Crippen molar-refractivity contribution in [2.45, 2.75) is 130 Å². The highest BCUT2D eigenvalue weighted by Gasteiger charge is 2.13. The molecule has 4 nitrogen and oxygen atoms in total. The predicted molar refractivity (Wildman–Crippen MR) is 132 cm³/mol. The van der Waals surface area contributed by atoms with Crippen molar-refractivity contribution >= 4 is 10.1 Å². The number of hydrogen-bond acceptors (Lipinski definition) is 3. The summed E-state index contributed by atoms with van der Waals surface area (Å²) < 4.78 is 30.3. The summed E-state index contributed by atoms with van der Waals surface area (Å²) >= 11 is 0. The van der Waals surface area contributed by atoms with Crippen molar-refractivity contribution in [1.82, 2.24) is 0 Å². The van der Waals surface area contributed by atoms with E-state index in [1.165, 1.54) is 120 Å². The molecule has 5 heteroatoms. The molecule has 0 amide bonds. The third-order valence-corrected chi connectivity index (χ3v) is 6.60. The van der Waals surface area contributed by atoms with Gasteiger partial charge in [0.25, 0.3) is 0 Å². The van der Waals surface area contributed by atoms with Gasteiger partial charge in [0.05, 0.1) is 37.3 Å². The fraction of sp³-hybridized carbons (Fsp3) is 1.00. The molecular formula is C25H55NO3S. The Hall–Kier alpha value is -0.130. The van der Waals surface area contributed by atoms with Crippen LogP contribution in [0.3, 0.4) is 0 Å². The van der Waals surface area contributed by atoms with Crippen molar-refractivity contribution in [2.75, 3.05) is 32.9 Å². The van der Waals surface area contributed by atoms with Gasteiger partial charge in [0.1, 0.15) is 0 Å². The Bertz CT molecular complexity index is 414. The third-order valence-electron chi connectivity index (χ3n) is 5.69. The van der Waals surface area contributed by atoms with Crippen LogP contribution >= 0.6 is 0 Å². The first-order chi connectivity index (χ1) is 14.2. The van der Waals surface area contributed by atoms with Crippen LogP contribution in [-0.2, 0) is 10.1 Å². The lowest BCUT2D eigenvalue weighted by Gasteiger charge is -2.30. The van der Waals surface area contributed by atoms with Crippen molar-refractivity contribution in [3.63, 3.8) is 0 Å². The molecule has 0 aromatic rings. The molecule has 0 aromatic carbocycles. The van der Waals surface area contributed by atoms with E-state index in [0.717, 1.165) is 0 Å². The molecule has 0 aliphatic carbocycles. The first-order valence-corrected chi connectivity index (χ1v) is 14.5. The molecule has 30 heavy (non-hydrogen) atoms. The molecule has 0 aliphatic rings. The fourth-order valence-corrected chi connectivity index (χ4v) is 4.21. The topological polar surface area (TPSA) is 57.2 Å². The van der Waals surface area contributed by atoms with E-state index in [9.17, 15) is 13.0 Å². The zero-order valence-electron chi connectivity index (χ0n) is 21.2. The average molecular weight is 450 g/mol. The van der Waals surface area contributed by atoms with E-state index in [-0.39, 0.29) is 5.75 Å². The van der Waals surface area contributed by atoms with Crippen LogP contribution in [0.15, 0.2) is 0 Å². The number of hydrogen-bond donors (Lipinski definition) is 0. The van der Waals surface area contributed by atoms with Crippen LogP contribution in [0.25, 0.3) is 0 Å². The molecule has 0 atom stereocenters. The maximum atomic E-state index is 9.68. The highest BCUT2D eigenvalue weighted by molar-refractivity contribution is 7.85. The van der Waals surface area contributed by atoms with Gasteiger partial charge in [-0.15, -0.1) is 0 Å². The summed E-state index contributed by atoms with van der Waals surface area (Å²) in [5.74, 6) is -0.243. The largest absolute Gasteiger partial charge is 0.748 e. The number of nitrogens with zero attached hydrogens (tertiary/aromatic N) is 1. The molecule has 0 saturated heterocycles. The van der Waals surface area contributed by atoms with Crippen molar-refractivity contribution in [1.29, 1.82) is 0 Å². The minimum atomic E-state index is -3.92. The highest BCUT2D eigenvalue weighted by Crippen LogP contribution is 2.13. The standard InChI is InChI=1S/C22H48N.C3H8O3S/c1-5-7-9-11-13-15-17-19-21-23(3,4)22-20-18-16-14-12-10-8-6-2;1-2-3-7(4,5)6/h5-22H2,1-4H3;2-3H2,1H3,(H,4,5,6)/q+1;/p-1. The van der Waals surface area contributed by atoms with Gasteiger partial charge in [-0.3, -0.25) is 0 Å². The first kappa shape index (κ1) is 32.1. The lowest BCUT2D eigenvalue weighted by atomic mass is 10.1. The lowest BCUT2D eigenvalue weighted by Crippen LogP contribution is -2.41. The predicted octanol–water partition coefficient (Wildman–Crippen LogP) is 7.29. The van der Waals surface area contributed by atoms with Crippen LogP contribution in [-0.4, -0.2) is 50.4 Å². The first-order valence-electron chi connectivity index (χ1n) is 12.9. The second kappa shape index (κ2) is 22.1. The fourth-order valence-electron chi connectivity index (χ4n) is 3.71. The monoisotopic (exact) mass is 449 g/mol. The smallest absolute Gasteiger partial charge is 0.0945 e. The number of unbranched alkanes of at least 4 members (excludes halogenated alkanes) is 14. The van der Waals surface area contributed by atoms with Gasteiger partial charge in [-0.25, -0.2) is 8.42 Å². The minimum absolute atomic E-state index is 0.243. The van der Waals surface area contributed by atoms with Gasteiger partial charge in [-0.05, 0) is 32.1 Å². The summed E-state index contributed by atoms with van der Waals surface area (Å²) in [5.41, 5.74) is 0. The van der Waals surface area contributed by atoms with Gasteiger partial charge in [0.2, 0.25) is 0 Å². The van der Waals surface area contributed by atoms with Gasteiger partial charge >= 0.3 is 0 Å². The van der Waals surface area contributed by atoms with E-state index < -0.39 is 10.1 Å². The molecular weight excluding hydrogens is 394 g/mol. The molecule has 0 bridgehead atoms. The van der Waals surface area contributed by atoms with Gasteiger partial charge < -0.3 is 9.04 Å². The molecule has 0 aliphatic heterocycles. The Morgan fingerprint density at radius 3 is 1.07 bits per heavy atom. The molecule has 184 valence electrons. The van der Waals surface area contributed by atoms with Crippen molar-refractivity contribution in [3.05, 3.63) is 0 Å². The highest BCUT2D eigenvalue weighted by atomic mass is 32.2. The van der Waals surface area contributed by atoms with Crippen molar-refractivity contribution < 1.29 is 17.5 Å². The Balaban J connectivity index is 0. The van der Waals surface area contributed by atoms with Crippen LogP contribution in [0.1, 0.15) is 130 Å². The van der Waals surface area contributed by atoms with E-state index in [1.54, 1.807) is 6.92 Å². The average Bonchev–Trinajstić information content (AvgIpc) is 2.65. The molecule has 0 spiro atoms. The summed E-state index contributed by atoms with van der Waals surface area (Å²) in [6.45, 7) is 9.01.